The Hall–Kier alpha value is -5.48. The molecule has 0 aliphatic carbocycles. The number of anilines is 2. The minimum atomic E-state index is -0.0481. The van der Waals surface area contributed by atoms with Crippen molar-refractivity contribution in [1.29, 1.82) is 0 Å². The average Bonchev–Trinajstić information content (AvgIpc) is 3.78. The molecule has 0 amide bonds. The number of nitrogens with zero attached hydrogens (tertiary/aromatic N) is 6. The van der Waals surface area contributed by atoms with E-state index in [1.165, 1.54) is 15.4 Å². The first kappa shape index (κ1) is 31.3. The van der Waals surface area contributed by atoms with Gasteiger partial charge >= 0.3 is 0 Å². The smallest absolute Gasteiger partial charge is 0.149 e. The molecule has 2 bridgehead atoms. The van der Waals surface area contributed by atoms with Gasteiger partial charge in [-0.3, -0.25) is 4.90 Å². The first-order chi connectivity index (χ1) is 25.7. The van der Waals surface area contributed by atoms with Gasteiger partial charge in [-0.15, -0.1) is 43.1 Å². The summed E-state index contributed by atoms with van der Waals surface area (Å²) in [5, 5.41) is 26.2. The average molecular weight is 714 g/mol. The Labute approximate surface area is 310 Å². The number of thiophene rings is 2. The zero-order chi connectivity index (χ0) is 34.8. The molecular weight excluding hydrogens is 679 g/mol. The number of hydrogen-bond donors (Lipinski definition) is 1. The molecule has 9 heteroatoms. The maximum absolute atomic E-state index is 4.95. The van der Waals surface area contributed by atoms with Crippen LogP contribution in [0.5, 0.6) is 0 Å². The van der Waals surface area contributed by atoms with E-state index in [1.807, 2.05) is 6.07 Å². The number of aromatic nitrogens is 4. The van der Waals surface area contributed by atoms with Crippen LogP contribution < -0.4 is 10.2 Å². The van der Waals surface area contributed by atoms with Crippen molar-refractivity contribution in [3.8, 4) is 44.8 Å². The van der Waals surface area contributed by atoms with Crippen LogP contribution in [0.15, 0.2) is 121 Å². The predicted molar refractivity (Wildman–Crippen MR) is 216 cm³/mol. The number of benzene rings is 4. The summed E-state index contributed by atoms with van der Waals surface area (Å²) in [6.45, 7) is 3.23. The lowest BCUT2D eigenvalue weighted by Gasteiger charge is -2.51. The Morgan fingerprint density at radius 2 is 1.08 bits per heavy atom. The molecule has 0 saturated carbocycles. The molecule has 8 aromatic rings. The zero-order valence-electron chi connectivity index (χ0n) is 28.8. The van der Waals surface area contributed by atoms with Crippen molar-refractivity contribution >= 4 is 54.5 Å². The van der Waals surface area contributed by atoms with Crippen LogP contribution in [-0.2, 0) is 0 Å². The number of rotatable bonds is 7. The molecule has 2 aliphatic rings. The van der Waals surface area contributed by atoms with Gasteiger partial charge in [0.25, 0.3) is 0 Å². The Bertz CT molecular complexity index is 2570. The maximum atomic E-state index is 4.95. The van der Waals surface area contributed by atoms with Gasteiger partial charge in [0, 0.05) is 46.6 Å². The fourth-order valence-corrected chi connectivity index (χ4v) is 10.6. The highest BCUT2D eigenvalue weighted by atomic mass is 32.1. The lowest BCUT2D eigenvalue weighted by molar-refractivity contribution is 0.131. The highest BCUT2D eigenvalue weighted by Crippen LogP contribution is 2.60. The van der Waals surface area contributed by atoms with Crippen LogP contribution in [-0.4, -0.2) is 38.9 Å². The Morgan fingerprint density at radius 3 is 1.62 bits per heavy atom. The molecule has 2 aliphatic heterocycles. The van der Waals surface area contributed by atoms with Crippen molar-refractivity contribution in [3.05, 3.63) is 131 Å². The molecule has 52 heavy (non-hydrogen) atoms. The summed E-state index contributed by atoms with van der Waals surface area (Å²) in [4.78, 5) is 9.57. The van der Waals surface area contributed by atoms with Crippen LogP contribution >= 0.6 is 22.7 Å². The summed E-state index contributed by atoms with van der Waals surface area (Å²) < 4.78 is 0. The second-order valence-corrected chi connectivity index (χ2v) is 15.5. The van der Waals surface area contributed by atoms with Gasteiger partial charge in [-0.05, 0) is 17.5 Å². The van der Waals surface area contributed by atoms with E-state index in [-0.39, 0.29) is 12.3 Å². The van der Waals surface area contributed by atoms with E-state index in [0.29, 0.717) is 0 Å². The van der Waals surface area contributed by atoms with Gasteiger partial charge < -0.3 is 10.2 Å². The number of nitrogens with one attached hydrogen (secondary N) is 1. The van der Waals surface area contributed by atoms with Crippen molar-refractivity contribution in [2.45, 2.75) is 32.1 Å². The SMILES string of the molecule is CCCCN1[C@@H]2Nc3c(sc4nnc(-c5ccccc5)c(-c5ccccc5)c34)[C@H]1N(C)c1c2sc2nnc(-c3ccccc3)c(-c3ccccc3)c12. The third kappa shape index (κ3) is 4.80. The molecular formula is C43H35N7S2. The molecule has 0 unspecified atom stereocenters. The molecule has 6 heterocycles. The number of unbranched alkanes of at least 4 members (excludes halogenated alkanes) is 1. The largest absolute Gasteiger partial charge is 0.363 e. The van der Waals surface area contributed by atoms with Gasteiger partial charge in [-0.2, -0.15) is 0 Å². The van der Waals surface area contributed by atoms with Gasteiger partial charge in [0.05, 0.1) is 21.1 Å². The number of hydrogen-bond acceptors (Lipinski definition) is 9. The quantitative estimate of drug-likeness (QED) is 0.176. The lowest BCUT2D eigenvalue weighted by atomic mass is 9.93. The molecule has 0 fully saturated rings. The van der Waals surface area contributed by atoms with Crippen molar-refractivity contribution in [3.63, 3.8) is 0 Å². The Kier molecular flexibility index (Phi) is 7.60. The molecule has 0 radical (unpaired) electrons. The topological polar surface area (TPSA) is 70.1 Å². The van der Waals surface area contributed by atoms with Crippen molar-refractivity contribution in [1.82, 2.24) is 25.3 Å². The Balaban J connectivity index is 1.24. The summed E-state index contributed by atoms with van der Waals surface area (Å²) in [7, 11) is 2.26. The summed E-state index contributed by atoms with van der Waals surface area (Å²) in [5.41, 5.74) is 10.8. The van der Waals surface area contributed by atoms with E-state index in [1.54, 1.807) is 22.7 Å². The number of fused-ring (bicyclic) bond motifs is 10. The molecule has 4 aromatic carbocycles. The normalized spacial score (nSPS) is 16.5. The van der Waals surface area contributed by atoms with E-state index in [2.05, 4.69) is 144 Å². The molecule has 2 atom stereocenters. The predicted octanol–water partition coefficient (Wildman–Crippen LogP) is 11.0. The summed E-state index contributed by atoms with van der Waals surface area (Å²) >= 11 is 3.52. The minimum Gasteiger partial charge on any atom is -0.363 e. The Morgan fingerprint density at radius 1 is 0.596 bits per heavy atom. The second kappa shape index (κ2) is 12.6. The van der Waals surface area contributed by atoms with Crippen molar-refractivity contribution in [2.24, 2.45) is 0 Å². The summed E-state index contributed by atoms with van der Waals surface area (Å²) in [6.07, 6.45) is 2.17. The molecule has 4 aromatic heterocycles. The minimum absolute atomic E-state index is 0.00179. The van der Waals surface area contributed by atoms with Crippen LogP contribution in [0.2, 0.25) is 0 Å². The molecule has 254 valence electrons. The summed E-state index contributed by atoms with van der Waals surface area (Å²) in [6, 6.07) is 42.3. The summed E-state index contributed by atoms with van der Waals surface area (Å²) in [5.74, 6) is 0. The second-order valence-electron chi connectivity index (χ2n) is 13.5. The maximum Gasteiger partial charge on any atom is 0.149 e. The van der Waals surface area contributed by atoms with Crippen LogP contribution in [0, 0.1) is 0 Å². The van der Waals surface area contributed by atoms with Gasteiger partial charge in [0.1, 0.15) is 33.4 Å². The van der Waals surface area contributed by atoms with Gasteiger partial charge in [0.15, 0.2) is 0 Å². The van der Waals surface area contributed by atoms with Gasteiger partial charge in [0.2, 0.25) is 0 Å². The van der Waals surface area contributed by atoms with Gasteiger partial charge in [-0.1, -0.05) is 135 Å². The lowest BCUT2D eigenvalue weighted by Crippen LogP contribution is -2.50. The van der Waals surface area contributed by atoms with E-state index < -0.39 is 0 Å². The van der Waals surface area contributed by atoms with E-state index in [4.69, 9.17) is 20.4 Å². The van der Waals surface area contributed by atoms with E-state index in [0.717, 1.165) is 90.3 Å². The van der Waals surface area contributed by atoms with Crippen molar-refractivity contribution < 1.29 is 0 Å². The van der Waals surface area contributed by atoms with Crippen LogP contribution in [0.1, 0.15) is 41.9 Å². The highest BCUT2D eigenvalue weighted by Gasteiger charge is 2.47. The van der Waals surface area contributed by atoms with Crippen LogP contribution in [0.4, 0.5) is 11.4 Å². The first-order valence-corrected chi connectivity index (χ1v) is 19.5. The molecule has 10 rings (SSSR count). The van der Waals surface area contributed by atoms with Crippen LogP contribution in [0.25, 0.3) is 65.2 Å². The van der Waals surface area contributed by atoms with E-state index >= 15 is 0 Å². The fourth-order valence-electron chi connectivity index (χ4n) is 8.06. The van der Waals surface area contributed by atoms with Gasteiger partial charge in [-0.25, -0.2) is 0 Å². The monoisotopic (exact) mass is 713 g/mol. The standard InChI is InChI=1S/C43H35N7S2/c1-3-4-25-50-40-39-37(33-31(27-19-11-6-12-20-27)35(46-48-42(33)52-39)29-23-15-8-16-24-29)49(2)43(50)38-36(44-40)32-30(26-17-9-5-10-18-26)34(45-47-41(32)51-38)28-21-13-7-14-22-28/h5-24,40,43-44H,3-4,25H2,1-2H3/t40-,43-/m0/s1. The molecule has 7 nitrogen and oxygen atoms in total. The fraction of sp³-hybridized carbons (Fsp3) is 0.163. The molecule has 1 N–H and O–H groups in total. The third-order valence-corrected chi connectivity index (χ3v) is 12.6. The molecule has 0 spiro atoms. The highest BCUT2D eigenvalue weighted by molar-refractivity contribution is 7.20. The van der Waals surface area contributed by atoms with Crippen molar-refractivity contribution in [2.75, 3.05) is 23.8 Å². The molecule has 0 saturated heterocycles. The third-order valence-electron chi connectivity index (χ3n) is 10.4. The first-order valence-electron chi connectivity index (χ1n) is 17.8. The van der Waals surface area contributed by atoms with Crippen LogP contribution in [0.3, 0.4) is 0 Å². The van der Waals surface area contributed by atoms with E-state index in [9.17, 15) is 0 Å². The zero-order valence-corrected chi connectivity index (χ0v) is 30.5.